The van der Waals surface area contributed by atoms with Gasteiger partial charge in [0, 0.05) is 4.88 Å². The topological polar surface area (TPSA) is 83.5 Å². The molecule has 1 fully saturated rings. The molecule has 2 heterocycles. The van der Waals surface area contributed by atoms with Gasteiger partial charge in [-0.25, -0.2) is 0 Å². The SMILES string of the molecule is O=C1NC(S(=O)(=O)O)SC1=Cc1cc(-c2ccccc2)cs1. The summed E-state index contributed by atoms with van der Waals surface area (Å²) in [5, 5.41) is 4.20. The normalized spacial score (nSPS) is 20.3. The Labute approximate surface area is 135 Å². The molecule has 1 atom stereocenters. The molecule has 0 bridgehead atoms. The maximum atomic E-state index is 11.7. The van der Waals surface area contributed by atoms with E-state index in [1.807, 2.05) is 41.8 Å². The van der Waals surface area contributed by atoms with Crippen LogP contribution in [0.2, 0.25) is 0 Å². The fraction of sp³-hybridized carbons (Fsp3) is 0.0714. The third-order valence-corrected chi connectivity index (χ3v) is 6.42. The average Bonchev–Trinajstić information content (AvgIpc) is 3.08. The Balaban J connectivity index is 1.85. The molecule has 1 aromatic heterocycles. The molecule has 0 aliphatic carbocycles. The quantitative estimate of drug-likeness (QED) is 0.655. The molecule has 114 valence electrons. The van der Waals surface area contributed by atoms with Gasteiger partial charge >= 0.3 is 0 Å². The van der Waals surface area contributed by atoms with Gasteiger partial charge in [-0.2, -0.15) is 8.42 Å². The Hall–Kier alpha value is -1.61. The third-order valence-electron chi connectivity index (χ3n) is 2.98. The van der Waals surface area contributed by atoms with Crippen molar-refractivity contribution in [2.45, 2.75) is 4.71 Å². The van der Waals surface area contributed by atoms with E-state index >= 15 is 0 Å². The second-order valence-electron chi connectivity index (χ2n) is 4.55. The fourth-order valence-corrected chi connectivity index (χ4v) is 4.68. The molecule has 22 heavy (non-hydrogen) atoms. The molecule has 1 aliphatic heterocycles. The number of hydrogen-bond acceptors (Lipinski definition) is 5. The van der Waals surface area contributed by atoms with Gasteiger partial charge in [0.05, 0.1) is 4.91 Å². The van der Waals surface area contributed by atoms with Gasteiger partial charge in [-0.15, -0.1) is 11.3 Å². The van der Waals surface area contributed by atoms with Crippen LogP contribution < -0.4 is 5.32 Å². The third kappa shape index (κ3) is 3.25. The first-order chi connectivity index (χ1) is 10.4. The van der Waals surface area contributed by atoms with Crippen LogP contribution in [-0.4, -0.2) is 23.6 Å². The molecule has 1 amide bonds. The largest absolute Gasteiger partial charge is 0.324 e. The molecular formula is C14H11NO4S3. The summed E-state index contributed by atoms with van der Waals surface area (Å²) in [7, 11) is -4.30. The van der Waals surface area contributed by atoms with Crippen molar-refractivity contribution in [1.82, 2.24) is 5.32 Å². The Morgan fingerprint density at radius 2 is 1.91 bits per heavy atom. The first-order valence-corrected chi connectivity index (χ1v) is 9.49. The van der Waals surface area contributed by atoms with E-state index in [0.29, 0.717) is 0 Å². The van der Waals surface area contributed by atoms with Crippen LogP contribution in [0.5, 0.6) is 0 Å². The van der Waals surface area contributed by atoms with Gasteiger partial charge in [0.1, 0.15) is 0 Å². The van der Waals surface area contributed by atoms with Crippen molar-refractivity contribution in [2.24, 2.45) is 0 Å². The lowest BCUT2D eigenvalue weighted by Crippen LogP contribution is -2.31. The summed E-state index contributed by atoms with van der Waals surface area (Å²) in [4.78, 5) is 12.8. The number of carbonyl (C=O) groups excluding carboxylic acids is 1. The van der Waals surface area contributed by atoms with Crippen LogP contribution in [0.4, 0.5) is 0 Å². The van der Waals surface area contributed by atoms with Gasteiger partial charge in [-0.05, 0) is 28.6 Å². The number of amides is 1. The van der Waals surface area contributed by atoms with E-state index in [-0.39, 0.29) is 4.91 Å². The zero-order chi connectivity index (χ0) is 15.7. The van der Waals surface area contributed by atoms with Crippen molar-refractivity contribution in [3.8, 4) is 11.1 Å². The summed E-state index contributed by atoms with van der Waals surface area (Å²) in [5.74, 6) is -0.498. The minimum absolute atomic E-state index is 0.268. The zero-order valence-corrected chi connectivity index (χ0v) is 13.5. The minimum atomic E-state index is -4.30. The summed E-state index contributed by atoms with van der Waals surface area (Å²) in [6.07, 6.45) is 1.63. The predicted octanol–water partition coefficient (Wildman–Crippen LogP) is 2.79. The van der Waals surface area contributed by atoms with Gasteiger partial charge in [0.15, 0.2) is 0 Å². The highest BCUT2D eigenvalue weighted by atomic mass is 32.3. The lowest BCUT2D eigenvalue weighted by Gasteiger charge is -2.01. The number of carbonyl (C=O) groups is 1. The highest BCUT2D eigenvalue weighted by molar-refractivity contribution is 8.15. The molecule has 0 radical (unpaired) electrons. The highest BCUT2D eigenvalue weighted by Crippen LogP contribution is 2.34. The molecule has 5 nitrogen and oxygen atoms in total. The van der Waals surface area contributed by atoms with Crippen LogP contribution in [0.15, 0.2) is 46.7 Å². The lowest BCUT2D eigenvalue weighted by molar-refractivity contribution is -0.116. The van der Waals surface area contributed by atoms with Crippen LogP contribution in [-0.2, 0) is 14.9 Å². The molecule has 1 aromatic carbocycles. The van der Waals surface area contributed by atoms with Crippen molar-refractivity contribution in [2.75, 3.05) is 0 Å². The van der Waals surface area contributed by atoms with Crippen molar-refractivity contribution in [3.05, 3.63) is 51.6 Å². The number of thioether (sulfide) groups is 1. The maximum absolute atomic E-state index is 11.7. The second-order valence-corrected chi connectivity index (χ2v) is 8.44. The molecule has 2 aromatic rings. The van der Waals surface area contributed by atoms with Gasteiger partial charge in [0.2, 0.25) is 4.71 Å². The van der Waals surface area contributed by atoms with E-state index in [9.17, 15) is 13.2 Å². The van der Waals surface area contributed by atoms with E-state index in [1.54, 1.807) is 6.08 Å². The number of thiophene rings is 1. The molecular weight excluding hydrogens is 342 g/mol. The Bertz CT molecular complexity index is 840. The van der Waals surface area contributed by atoms with Gasteiger partial charge < -0.3 is 5.32 Å². The average molecular weight is 353 g/mol. The Morgan fingerprint density at radius 3 is 2.55 bits per heavy atom. The summed E-state index contributed by atoms with van der Waals surface area (Å²) >= 11 is 2.26. The molecule has 1 aliphatic rings. The summed E-state index contributed by atoms with van der Waals surface area (Å²) < 4.78 is 29.8. The number of benzene rings is 1. The Morgan fingerprint density at radius 1 is 1.18 bits per heavy atom. The van der Waals surface area contributed by atoms with Gasteiger partial charge in [0.25, 0.3) is 16.0 Å². The van der Waals surface area contributed by atoms with Gasteiger partial charge in [-0.1, -0.05) is 42.1 Å². The summed E-state index contributed by atoms with van der Waals surface area (Å²) in [6.45, 7) is 0. The molecule has 8 heteroatoms. The van der Waals surface area contributed by atoms with Crippen molar-refractivity contribution >= 4 is 45.2 Å². The molecule has 1 unspecified atom stereocenters. The maximum Gasteiger partial charge on any atom is 0.296 e. The lowest BCUT2D eigenvalue weighted by atomic mass is 10.1. The van der Waals surface area contributed by atoms with Crippen LogP contribution in [0, 0.1) is 0 Å². The zero-order valence-electron chi connectivity index (χ0n) is 11.1. The smallest absolute Gasteiger partial charge is 0.296 e. The molecule has 0 spiro atoms. The minimum Gasteiger partial charge on any atom is -0.324 e. The van der Waals surface area contributed by atoms with Crippen molar-refractivity contribution in [1.29, 1.82) is 0 Å². The predicted molar refractivity (Wildman–Crippen MR) is 88.8 cm³/mol. The van der Waals surface area contributed by atoms with E-state index in [1.165, 1.54) is 11.3 Å². The summed E-state index contributed by atoms with van der Waals surface area (Å²) in [5.41, 5.74) is 2.11. The molecule has 3 rings (SSSR count). The van der Waals surface area contributed by atoms with Crippen LogP contribution >= 0.6 is 23.1 Å². The van der Waals surface area contributed by atoms with E-state index in [4.69, 9.17) is 4.55 Å². The number of nitrogens with one attached hydrogen (secondary N) is 1. The fourth-order valence-electron chi connectivity index (χ4n) is 1.95. The standard InChI is InChI=1S/C14H11NO4S3/c16-13-12(21-14(15-13)22(17,18)19)7-11-6-10(8-20-11)9-4-2-1-3-5-9/h1-8,14H,(H,15,16)(H,17,18,19). The number of rotatable bonds is 3. The molecule has 0 saturated carbocycles. The number of hydrogen-bond donors (Lipinski definition) is 2. The van der Waals surface area contributed by atoms with E-state index < -0.39 is 20.7 Å². The first-order valence-electron chi connectivity index (χ1n) is 6.23. The van der Waals surface area contributed by atoms with Crippen LogP contribution in [0.1, 0.15) is 4.88 Å². The van der Waals surface area contributed by atoms with E-state index in [0.717, 1.165) is 27.8 Å². The first kappa shape index (κ1) is 15.3. The highest BCUT2D eigenvalue weighted by Gasteiger charge is 2.35. The summed E-state index contributed by atoms with van der Waals surface area (Å²) in [6, 6.07) is 11.7. The monoisotopic (exact) mass is 353 g/mol. The Kier molecular flexibility index (Phi) is 4.09. The van der Waals surface area contributed by atoms with Crippen molar-refractivity contribution in [3.63, 3.8) is 0 Å². The van der Waals surface area contributed by atoms with Gasteiger partial charge in [-0.3, -0.25) is 9.35 Å². The van der Waals surface area contributed by atoms with Crippen LogP contribution in [0.25, 0.3) is 17.2 Å². The van der Waals surface area contributed by atoms with E-state index in [2.05, 4.69) is 5.32 Å². The van der Waals surface area contributed by atoms with Crippen LogP contribution in [0.3, 0.4) is 0 Å². The second kappa shape index (κ2) is 5.88. The van der Waals surface area contributed by atoms with Crippen molar-refractivity contribution < 1.29 is 17.8 Å². The molecule has 2 N–H and O–H groups in total. The molecule has 1 saturated heterocycles.